The molecule has 13 heterocycles. The summed E-state index contributed by atoms with van der Waals surface area (Å²) < 4.78 is 32.9. The molecule has 654 valence electrons. The van der Waals surface area contributed by atoms with E-state index < -0.39 is 5.97 Å². The third kappa shape index (κ3) is 18.2. The Morgan fingerprint density at radius 3 is 1.09 bits per heavy atom. The number of aryl methyl sites for hydroxylation is 3. The lowest BCUT2D eigenvalue weighted by atomic mass is 9.79. The average Bonchev–Trinajstić information content (AvgIpc) is 1.65. The lowest BCUT2D eigenvalue weighted by Crippen LogP contribution is -2.42. The topological polar surface area (TPSA) is 298 Å². The quantitative estimate of drug-likeness (QED) is 0.0490. The molecule has 12 aromatic rings. The van der Waals surface area contributed by atoms with Crippen molar-refractivity contribution in [3.05, 3.63) is 238 Å². The minimum absolute atomic E-state index is 0.0319. The number of nitrogens with zero attached hydrogens (tertiary/aromatic N) is 16. The van der Waals surface area contributed by atoms with Gasteiger partial charge in [0.2, 0.25) is 0 Å². The second-order valence-electron chi connectivity index (χ2n) is 34.9. The Morgan fingerprint density at radius 2 is 0.748 bits per heavy atom. The van der Waals surface area contributed by atoms with Crippen LogP contribution < -0.4 is 43.4 Å². The maximum Gasteiger partial charge on any atom is 0.341 e. The predicted octanol–water partition coefficient (Wildman–Crippen LogP) is 16.2. The molecule has 5 aliphatic heterocycles. The number of rotatable bonds is 22. The van der Waals surface area contributed by atoms with Crippen LogP contribution in [0.25, 0.3) is 68.7 Å². The van der Waals surface area contributed by atoms with Gasteiger partial charge in [0.1, 0.15) is 88.5 Å². The highest BCUT2D eigenvalue weighted by atomic mass is 16.5. The van der Waals surface area contributed by atoms with Crippen molar-refractivity contribution >= 4 is 70.0 Å². The van der Waals surface area contributed by atoms with Gasteiger partial charge in [0.25, 0.3) is 0 Å². The van der Waals surface area contributed by atoms with E-state index in [2.05, 4.69) is 169 Å². The van der Waals surface area contributed by atoms with Crippen molar-refractivity contribution in [2.75, 3.05) is 143 Å². The summed E-state index contributed by atoms with van der Waals surface area (Å²) in [6.45, 7) is 30.2. The number of ether oxygens (including phenoxy) is 6. The van der Waals surface area contributed by atoms with Crippen LogP contribution in [0, 0.1) is 20.8 Å². The second kappa shape index (κ2) is 36.8. The Bertz CT molecular complexity index is 6010. The highest BCUT2D eigenvalue weighted by Gasteiger charge is 2.41. The van der Waals surface area contributed by atoms with Crippen LogP contribution in [0.4, 0.5) is 29.1 Å². The number of carboxylic acid groups (broad SMARTS) is 1. The number of fused-ring (bicyclic) bond motifs is 3. The van der Waals surface area contributed by atoms with E-state index >= 15 is 0 Å². The molecule has 0 radical (unpaired) electrons. The van der Waals surface area contributed by atoms with Crippen molar-refractivity contribution in [3.63, 3.8) is 0 Å². The lowest BCUT2D eigenvalue weighted by molar-refractivity contribution is -0.139. The smallest absolute Gasteiger partial charge is 0.341 e. The van der Waals surface area contributed by atoms with Crippen molar-refractivity contribution in [3.8, 4) is 56.8 Å². The molecule has 27 nitrogen and oxygen atoms in total. The van der Waals surface area contributed by atoms with Crippen LogP contribution in [0.3, 0.4) is 0 Å². The number of morpholine rings is 2. The molecule has 0 atom stereocenters. The third-order valence-electron chi connectivity index (χ3n) is 26.4. The van der Waals surface area contributed by atoms with Crippen LogP contribution in [0.5, 0.6) is 23.0 Å². The number of aliphatic carboxylic acids is 1. The Morgan fingerprint density at radius 1 is 0.402 bits per heavy atom. The summed E-state index contributed by atoms with van der Waals surface area (Å²) in [6.07, 6.45) is 24.0. The van der Waals surface area contributed by atoms with E-state index in [0.29, 0.717) is 19.0 Å². The van der Waals surface area contributed by atoms with Gasteiger partial charge in [-0.25, -0.2) is 59.6 Å². The summed E-state index contributed by atoms with van der Waals surface area (Å²) in [5.41, 5.74) is 22.9. The van der Waals surface area contributed by atoms with Crippen LogP contribution in [-0.4, -0.2) is 200 Å². The van der Waals surface area contributed by atoms with Gasteiger partial charge in [0, 0.05) is 164 Å². The van der Waals surface area contributed by atoms with Crippen LogP contribution >= 0.6 is 0 Å². The van der Waals surface area contributed by atoms with Crippen LogP contribution in [0.15, 0.2) is 153 Å². The van der Waals surface area contributed by atoms with Gasteiger partial charge in [-0.05, 0) is 222 Å². The largest absolute Gasteiger partial charge is 0.497 e. The Balaban J connectivity index is 0.000000129. The first-order chi connectivity index (χ1) is 61.8. The molecule has 5 fully saturated rings. The van der Waals surface area contributed by atoms with Gasteiger partial charge in [0.05, 0.1) is 80.9 Å². The molecule has 0 bridgehead atoms. The number of H-pyrrole nitrogens is 3. The fraction of sp³-hybridized carbons (Fsp3) is 0.380. The van der Waals surface area contributed by atoms with E-state index in [-0.39, 0.29) is 22.9 Å². The van der Waals surface area contributed by atoms with Crippen molar-refractivity contribution in [1.82, 2.24) is 69.8 Å². The van der Waals surface area contributed by atoms with E-state index in [1.54, 1.807) is 38.2 Å². The van der Waals surface area contributed by atoms with Crippen LogP contribution in [-0.2, 0) is 49.8 Å². The van der Waals surface area contributed by atoms with Gasteiger partial charge in [-0.2, -0.15) is 0 Å². The molecule has 27 heteroatoms. The number of pyridine rings is 2. The summed E-state index contributed by atoms with van der Waals surface area (Å²) in [5.74, 6) is 10.4. The number of allylic oxidation sites excluding steroid dienone is 3. The highest BCUT2D eigenvalue weighted by molar-refractivity contribution is 5.93. The van der Waals surface area contributed by atoms with Crippen LogP contribution in [0.2, 0.25) is 0 Å². The number of benzene rings is 4. The summed E-state index contributed by atoms with van der Waals surface area (Å²) in [5, 5.41) is 8.84. The van der Waals surface area contributed by atoms with Crippen molar-refractivity contribution in [2.24, 2.45) is 0 Å². The van der Waals surface area contributed by atoms with Gasteiger partial charge in [-0.15, -0.1) is 0 Å². The van der Waals surface area contributed by atoms with Crippen molar-refractivity contribution < 1.29 is 38.3 Å². The van der Waals surface area contributed by atoms with Crippen molar-refractivity contribution in [1.29, 1.82) is 0 Å². The number of anilines is 5. The molecule has 3 aliphatic carbocycles. The summed E-state index contributed by atoms with van der Waals surface area (Å²) in [4.78, 5) is 86.4. The molecule has 8 aromatic heterocycles. The van der Waals surface area contributed by atoms with Gasteiger partial charge in [-0.1, -0.05) is 45.0 Å². The normalized spacial score (nSPS) is 17.3. The molecule has 4 aromatic carbocycles. The summed E-state index contributed by atoms with van der Waals surface area (Å²) in [6, 6.07) is 40.6. The van der Waals surface area contributed by atoms with E-state index in [1.165, 1.54) is 11.1 Å². The molecule has 4 N–H and O–H groups in total. The van der Waals surface area contributed by atoms with E-state index in [1.807, 2.05) is 80.8 Å². The minimum atomic E-state index is -0.995. The molecule has 0 saturated carbocycles. The number of aromatic nitrogens is 14. The molecule has 8 aliphatic rings. The Kier molecular flexibility index (Phi) is 24.5. The van der Waals surface area contributed by atoms with E-state index in [4.69, 9.17) is 73.4 Å². The standard InChI is InChI=1S/C34H39N7O2.C33H37N7O2.C33H35N5O4/c1-4-43-27-8-5-24(6-9-27)31-23(2)38-33(39-31)34(3)11-13-41(14-12-34)32-28-19-26(20-29(28)36-22-37-32)25-7-10-30(35-21-25)40-15-17-42-18-16-40;1-22-30(23-5-4-6-26(17-23)41-3)38-32(37-22)33(2)9-11-40(12-10-33)31-27-18-25(19-28(27)35-21-36-31)24-7-8-29(34-20-24)39-13-15-42-16-14-39;1-4-41-25-11-7-23(8-12-25)30-21(2)36-32(37-30)33(3)13-15-38(16-14-33)31-27-17-24(18-28(27)34-20-35-31)22-5-9-26(10-6-22)42-19-29(39)40/h5-10,19,21-22H,4,11-18,20H2,1-3H3,(H,38,39);4-8,17-18,20-21H,9-16,19H2,1-3H3,(H,37,38);5-12,17,20H,4,13-16,18-19H2,1-3H3,(H,36,37)(H,39,40). The molecule has 0 amide bonds. The highest BCUT2D eigenvalue weighted by Crippen LogP contribution is 2.46. The first kappa shape index (κ1) is 84.7. The Labute approximate surface area is 741 Å². The number of hydrogen-bond acceptors (Lipinski definition) is 23. The number of imidazole rings is 3. The van der Waals surface area contributed by atoms with Gasteiger partial charge >= 0.3 is 5.97 Å². The van der Waals surface area contributed by atoms with Gasteiger partial charge in [-0.3, -0.25) is 0 Å². The Hall–Kier alpha value is -13.1. The zero-order valence-electron chi connectivity index (χ0n) is 74.0. The molecule has 0 spiro atoms. The number of aromatic amines is 3. The number of methoxy groups -OCH3 is 1. The van der Waals surface area contributed by atoms with Gasteiger partial charge in [0.15, 0.2) is 6.61 Å². The summed E-state index contributed by atoms with van der Waals surface area (Å²) in [7, 11) is 1.70. The molecular weight excluding hydrogens is 1600 g/mol. The predicted molar refractivity (Wildman–Crippen MR) is 497 cm³/mol. The molecule has 20 rings (SSSR count). The molecule has 5 saturated heterocycles. The van der Waals surface area contributed by atoms with Gasteiger partial charge < -0.3 is 73.0 Å². The SMILES string of the molecule is CCOc1ccc(-c2nc(C3(C)CCN(c4ncnc5c4C=C(c4ccc(N6CCOCC6)nc4)C5)CC3)[nH]c2C)cc1.CCOc1ccc(-c2nc(C3(C)CCN(c4ncnc5c4C=C(c4ccc(OCC(=O)O)cc4)C5)CC3)[nH]c2C)cc1.COc1cccc(-c2nc(C3(C)CCN(c4ncnc5c4C=C(c4ccc(N6CCOCC6)nc4)C5)CC3)[nH]c2C)c1. The zero-order chi connectivity index (χ0) is 87.3. The van der Waals surface area contributed by atoms with Crippen molar-refractivity contribution in [2.45, 2.75) is 129 Å². The third-order valence-corrected chi connectivity index (χ3v) is 26.4. The zero-order valence-corrected chi connectivity index (χ0v) is 74.0. The monoisotopic (exact) mass is 1710 g/mol. The number of carboxylic acids is 1. The summed E-state index contributed by atoms with van der Waals surface area (Å²) >= 11 is 0. The minimum Gasteiger partial charge on any atom is -0.497 e. The maximum absolute atomic E-state index is 10.8. The maximum atomic E-state index is 10.8. The fourth-order valence-electron chi connectivity index (χ4n) is 18.6. The first-order valence-electron chi connectivity index (χ1n) is 44.6. The lowest BCUT2D eigenvalue weighted by Gasteiger charge is -2.39. The number of nitrogens with one attached hydrogen (secondary N) is 3. The number of piperidine rings is 3. The average molecular weight is 1710 g/mol. The van der Waals surface area contributed by atoms with E-state index in [0.717, 1.165) is 320 Å². The molecule has 0 unspecified atom stereocenters. The van der Waals surface area contributed by atoms with E-state index in [9.17, 15) is 4.79 Å². The fourth-order valence-corrected chi connectivity index (χ4v) is 18.6. The molecule has 127 heavy (non-hydrogen) atoms. The van der Waals surface area contributed by atoms with Crippen LogP contribution in [0.1, 0.15) is 158 Å². The molecular formula is C100H111N19O8. The number of hydrogen-bond donors (Lipinski definition) is 4. The second-order valence-corrected chi connectivity index (χ2v) is 34.9. The number of carbonyl (C=O) groups is 1. The first-order valence-corrected chi connectivity index (χ1v) is 44.6.